The first kappa shape index (κ1) is 28.0. The number of piperidine rings is 1. The topological polar surface area (TPSA) is 99.7 Å². The van der Waals surface area contributed by atoms with E-state index in [2.05, 4.69) is 4.98 Å². The summed E-state index contributed by atoms with van der Waals surface area (Å²) in [7, 11) is 0. The minimum absolute atomic E-state index is 0.159. The number of hydrogen-bond acceptors (Lipinski definition) is 8. The summed E-state index contributed by atoms with van der Waals surface area (Å²) in [6.07, 6.45) is 1.76. The van der Waals surface area contributed by atoms with Crippen molar-refractivity contribution >= 4 is 18.0 Å². The van der Waals surface area contributed by atoms with Crippen LogP contribution in [0.15, 0.2) is 18.3 Å². The van der Waals surface area contributed by atoms with E-state index in [4.69, 9.17) is 23.7 Å². The van der Waals surface area contributed by atoms with Crippen LogP contribution in [-0.4, -0.2) is 77.5 Å². The molecule has 2 aliphatic heterocycles. The van der Waals surface area contributed by atoms with Gasteiger partial charge in [-0.15, -0.1) is 0 Å². The highest BCUT2D eigenvalue weighted by atomic mass is 16.7. The van der Waals surface area contributed by atoms with E-state index in [0.29, 0.717) is 50.7 Å². The highest BCUT2D eigenvalue weighted by Crippen LogP contribution is 2.28. The lowest BCUT2D eigenvalue weighted by molar-refractivity contribution is -0.141. The van der Waals surface area contributed by atoms with Crippen LogP contribution >= 0.6 is 0 Å². The number of pyridine rings is 1. The molecular weight excluding hydrogens is 466 g/mol. The number of amides is 2. The molecule has 0 N–H and O–H groups in total. The van der Waals surface area contributed by atoms with Crippen molar-refractivity contribution in [3.05, 3.63) is 18.3 Å². The van der Waals surface area contributed by atoms with Crippen molar-refractivity contribution < 1.29 is 33.3 Å². The lowest BCUT2D eigenvalue weighted by Gasteiger charge is -2.38. The van der Waals surface area contributed by atoms with Gasteiger partial charge in [0.25, 0.3) is 0 Å². The lowest BCUT2D eigenvalue weighted by atomic mass is 10.0. The number of rotatable bonds is 5. The normalized spacial score (nSPS) is 20.7. The molecule has 202 valence electrons. The second-order valence-corrected chi connectivity index (χ2v) is 11.7. The van der Waals surface area contributed by atoms with E-state index in [1.807, 2.05) is 55.4 Å². The Morgan fingerprint density at radius 2 is 1.72 bits per heavy atom. The number of ether oxygens (including phenoxy) is 5. The van der Waals surface area contributed by atoms with Crippen molar-refractivity contribution in [2.45, 2.75) is 97.4 Å². The van der Waals surface area contributed by atoms with E-state index in [1.165, 1.54) is 0 Å². The predicted octanol–water partition coefficient (Wildman–Crippen LogP) is 4.75. The van der Waals surface area contributed by atoms with Gasteiger partial charge in [0.2, 0.25) is 0 Å². The Bertz CT molecular complexity index is 898. The average Bonchev–Trinajstić information content (AvgIpc) is 3.10. The highest BCUT2D eigenvalue weighted by molar-refractivity contribution is 5.87. The van der Waals surface area contributed by atoms with E-state index >= 15 is 0 Å². The van der Waals surface area contributed by atoms with Crippen molar-refractivity contribution in [2.75, 3.05) is 31.2 Å². The highest BCUT2D eigenvalue weighted by Gasteiger charge is 2.36. The zero-order valence-electron chi connectivity index (χ0n) is 22.8. The number of hydrogen-bond donors (Lipinski definition) is 0. The molecule has 0 spiro atoms. The smallest absolute Gasteiger partial charge is 0.416 e. The third-order valence-corrected chi connectivity index (χ3v) is 5.54. The number of carbonyl (C=O) groups is 2. The van der Waals surface area contributed by atoms with Gasteiger partial charge < -0.3 is 28.6 Å². The maximum atomic E-state index is 13.2. The first-order chi connectivity index (χ1) is 16.6. The van der Waals surface area contributed by atoms with E-state index in [0.717, 1.165) is 0 Å². The van der Waals surface area contributed by atoms with Gasteiger partial charge in [-0.25, -0.2) is 14.6 Å². The number of likely N-dealkylation sites (tertiary alicyclic amines) is 1. The predicted molar refractivity (Wildman–Crippen MR) is 134 cm³/mol. The summed E-state index contributed by atoms with van der Waals surface area (Å²) in [5.74, 6) is 0.424. The number of carbonyl (C=O) groups excluding carboxylic acids is 2. The molecule has 36 heavy (non-hydrogen) atoms. The van der Waals surface area contributed by atoms with E-state index in [1.54, 1.807) is 28.1 Å². The van der Waals surface area contributed by atoms with Gasteiger partial charge in [-0.3, -0.25) is 4.90 Å². The van der Waals surface area contributed by atoms with Crippen molar-refractivity contribution in [3.63, 3.8) is 0 Å². The fraction of sp³-hybridized carbons (Fsp3) is 0.731. The molecule has 3 heterocycles. The number of anilines is 1. The van der Waals surface area contributed by atoms with Crippen LogP contribution in [0, 0.1) is 0 Å². The molecule has 10 nitrogen and oxygen atoms in total. The number of aromatic nitrogens is 1. The standard InChI is InChI=1S/C26H41N3O7/c1-24(2,3)35-22(30)28-13-11-18(12-14-28)29(23(31)36-25(4,5)6)21-10-9-19(15-27-21)32-16-20-17-33-26(7,8)34-20/h9-10,15,18,20H,11-14,16-17H2,1-8H3. The third kappa shape index (κ3) is 8.23. The third-order valence-electron chi connectivity index (χ3n) is 5.54. The summed E-state index contributed by atoms with van der Waals surface area (Å²) >= 11 is 0. The minimum Gasteiger partial charge on any atom is -0.489 e. The molecule has 0 aliphatic carbocycles. The van der Waals surface area contributed by atoms with Gasteiger partial charge in [0, 0.05) is 19.1 Å². The average molecular weight is 508 g/mol. The molecule has 0 aromatic carbocycles. The van der Waals surface area contributed by atoms with E-state index in [-0.39, 0.29) is 18.2 Å². The molecular formula is C26H41N3O7. The molecule has 10 heteroatoms. The van der Waals surface area contributed by atoms with Gasteiger partial charge in [-0.05, 0) is 80.4 Å². The molecule has 2 saturated heterocycles. The zero-order chi connectivity index (χ0) is 26.7. The first-order valence-corrected chi connectivity index (χ1v) is 12.5. The van der Waals surface area contributed by atoms with Crippen molar-refractivity contribution in [1.82, 2.24) is 9.88 Å². The summed E-state index contributed by atoms with van der Waals surface area (Å²) < 4.78 is 28.3. The Morgan fingerprint density at radius 3 is 2.22 bits per heavy atom. The van der Waals surface area contributed by atoms with Crippen molar-refractivity contribution in [1.29, 1.82) is 0 Å². The summed E-state index contributed by atoms with van der Waals surface area (Å²) in [6, 6.07) is 3.34. The van der Waals surface area contributed by atoms with Crippen LogP contribution in [0.5, 0.6) is 5.75 Å². The largest absolute Gasteiger partial charge is 0.489 e. The second kappa shape index (κ2) is 10.8. The van der Waals surface area contributed by atoms with Gasteiger partial charge >= 0.3 is 12.2 Å². The first-order valence-electron chi connectivity index (χ1n) is 12.5. The Kier molecular flexibility index (Phi) is 8.40. The second-order valence-electron chi connectivity index (χ2n) is 11.7. The summed E-state index contributed by atoms with van der Waals surface area (Å²) in [5, 5.41) is 0. The molecule has 2 amide bonds. The van der Waals surface area contributed by atoms with Gasteiger partial charge in [0.1, 0.15) is 35.5 Å². The van der Waals surface area contributed by atoms with E-state index < -0.39 is 23.1 Å². The van der Waals surface area contributed by atoms with Gasteiger partial charge in [0.05, 0.1) is 12.8 Å². The van der Waals surface area contributed by atoms with Crippen LogP contribution < -0.4 is 9.64 Å². The SMILES string of the molecule is CC(C)(C)OC(=O)N1CCC(N(C(=O)OC(C)(C)C)c2ccc(OCC3COC(C)(C)O3)cn2)CC1. The molecule has 1 unspecified atom stereocenters. The molecule has 3 rings (SSSR count). The zero-order valence-corrected chi connectivity index (χ0v) is 22.8. The molecule has 2 aliphatic rings. The monoisotopic (exact) mass is 507 g/mol. The van der Waals surface area contributed by atoms with Crippen LogP contribution in [0.1, 0.15) is 68.2 Å². The lowest BCUT2D eigenvalue weighted by Crippen LogP contribution is -2.51. The summed E-state index contributed by atoms with van der Waals surface area (Å²) in [4.78, 5) is 33.4. The maximum Gasteiger partial charge on any atom is 0.416 e. The van der Waals surface area contributed by atoms with Crippen molar-refractivity contribution in [3.8, 4) is 5.75 Å². The Hall–Kier alpha value is -2.59. The molecule has 0 bridgehead atoms. The molecule has 0 saturated carbocycles. The Balaban J connectivity index is 1.67. The molecule has 2 fully saturated rings. The van der Waals surface area contributed by atoms with Crippen LogP contribution in [-0.2, 0) is 18.9 Å². The van der Waals surface area contributed by atoms with Gasteiger partial charge in [-0.1, -0.05) is 0 Å². The summed E-state index contributed by atoms with van der Waals surface area (Å²) in [5.41, 5.74) is -1.22. The maximum absolute atomic E-state index is 13.2. The fourth-order valence-corrected chi connectivity index (χ4v) is 4.01. The van der Waals surface area contributed by atoms with E-state index in [9.17, 15) is 9.59 Å². The van der Waals surface area contributed by atoms with Gasteiger partial charge in [-0.2, -0.15) is 0 Å². The van der Waals surface area contributed by atoms with Crippen LogP contribution in [0.25, 0.3) is 0 Å². The Morgan fingerprint density at radius 1 is 1.08 bits per heavy atom. The molecule has 1 aromatic heterocycles. The van der Waals surface area contributed by atoms with Crippen LogP contribution in [0.2, 0.25) is 0 Å². The Labute approximate surface area is 214 Å². The minimum atomic E-state index is -0.660. The quantitative estimate of drug-likeness (QED) is 0.563. The summed E-state index contributed by atoms with van der Waals surface area (Å²) in [6.45, 7) is 16.5. The van der Waals surface area contributed by atoms with Gasteiger partial charge in [0.15, 0.2) is 5.79 Å². The number of nitrogens with zero attached hydrogens (tertiary/aromatic N) is 3. The van der Waals surface area contributed by atoms with Crippen LogP contribution in [0.3, 0.4) is 0 Å². The molecule has 1 atom stereocenters. The molecule has 0 radical (unpaired) electrons. The fourth-order valence-electron chi connectivity index (χ4n) is 4.01. The molecule has 1 aromatic rings. The van der Waals surface area contributed by atoms with Crippen LogP contribution in [0.4, 0.5) is 15.4 Å². The van der Waals surface area contributed by atoms with Crippen molar-refractivity contribution in [2.24, 2.45) is 0 Å².